The number of nitrogens with zero attached hydrogens (tertiary/aromatic N) is 3. The first-order chi connectivity index (χ1) is 8.40. The van der Waals surface area contributed by atoms with E-state index in [1.54, 1.807) is 0 Å². The molecule has 6 nitrogen and oxygen atoms in total. The second kappa shape index (κ2) is 6.65. The smallest absolute Gasteiger partial charge is 0.321 e. The van der Waals surface area contributed by atoms with Gasteiger partial charge in [0.25, 0.3) is 0 Å². The number of likely N-dealkylation sites (N-methyl/N-ethyl adjacent to an activating group) is 1. The van der Waals surface area contributed by atoms with Crippen LogP contribution in [0.3, 0.4) is 0 Å². The molecule has 0 bridgehead atoms. The maximum atomic E-state index is 11.7. The van der Waals surface area contributed by atoms with Crippen LogP contribution in [-0.2, 0) is 0 Å². The van der Waals surface area contributed by atoms with E-state index in [4.69, 9.17) is 0 Å². The van der Waals surface area contributed by atoms with Gasteiger partial charge in [0.15, 0.2) is 0 Å². The van der Waals surface area contributed by atoms with Crippen molar-refractivity contribution in [2.45, 2.75) is 26.8 Å². The van der Waals surface area contributed by atoms with Crippen molar-refractivity contribution in [3.8, 4) is 0 Å². The van der Waals surface area contributed by atoms with Gasteiger partial charge in [-0.25, -0.2) is 4.79 Å². The van der Waals surface area contributed by atoms with Crippen LogP contribution in [0.2, 0.25) is 0 Å². The maximum absolute atomic E-state index is 11.7. The van der Waals surface area contributed by atoms with Crippen molar-refractivity contribution in [1.29, 1.82) is 0 Å². The van der Waals surface area contributed by atoms with Crippen LogP contribution in [-0.4, -0.2) is 47.8 Å². The molecule has 0 aliphatic heterocycles. The minimum absolute atomic E-state index is 0.237. The lowest BCUT2D eigenvalue weighted by Gasteiger charge is -2.27. The largest absolute Gasteiger partial charge is 0.336 e. The first-order valence-corrected chi connectivity index (χ1v) is 6.73. The van der Waals surface area contributed by atoms with Crippen LogP contribution < -0.4 is 10.6 Å². The number of hydrogen-bond donors (Lipinski definition) is 2. The average molecular weight is 271 g/mol. The van der Waals surface area contributed by atoms with E-state index >= 15 is 0 Å². The van der Waals surface area contributed by atoms with Gasteiger partial charge < -0.3 is 10.2 Å². The number of amides is 2. The molecule has 102 valence electrons. The highest BCUT2D eigenvalue weighted by Gasteiger charge is 2.16. The van der Waals surface area contributed by atoms with Crippen molar-refractivity contribution in [3.05, 3.63) is 5.01 Å². The zero-order chi connectivity index (χ0) is 13.7. The molecule has 0 radical (unpaired) electrons. The first kappa shape index (κ1) is 14.8. The molecule has 0 unspecified atom stereocenters. The normalized spacial score (nSPS) is 12.8. The monoisotopic (exact) mass is 271 g/mol. The van der Waals surface area contributed by atoms with Gasteiger partial charge in [-0.05, 0) is 26.9 Å². The molecule has 7 heteroatoms. The number of rotatable bonds is 5. The molecular formula is C11H21N5OS. The highest BCUT2D eigenvalue weighted by molar-refractivity contribution is 7.15. The first-order valence-electron chi connectivity index (χ1n) is 5.91. The van der Waals surface area contributed by atoms with Gasteiger partial charge in [-0.3, -0.25) is 5.32 Å². The summed E-state index contributed by atoms with van der Waals surface area (Å²) >= 11 is 1.36. The van der Waals surface area contributed by atoms with Crippen LogP contribution in [0.1, 0.15) is 18.9 Å². The molecule has 0 aromatic carbocycles. The van der Waals surface area contributed by atoms with Gasteiger partial charge in [-0.2, -0.15) is 0 Å². The van der Waals surface area contributed by atoms with Gasteiger partial charge in [0.2, 0.25) is 5.13 Å². The molecule has 0 aliphatic rings. The number of anilines is 1. The fraction of sp³-hybridized carbons (Fsp3) is 0.727. The SMILES string of the molecule is Cc1nnc(NC(=O)NC[C@H](C(C)C)N(C)C)s1. The molecule has 2 N–H and O–H groups in total. The minimum atomic E-state index is -0.237. The lowest BCUT2D eigenvalue weighted by molar-refractivity contribution is 0.218. The van der Waals surface area contributed by atoms with Gasteiger partial charge in [-0.15, -0.1) is 10.2 Å². The molecule has 1 heterocycles. The van der Waals surface area contributed by atoms with E-state index in [9.17, 15) is 4.79 Å². The van der Waals surface area contributed by atoms with E-state index in [0.717, 1.165) is 5.01 Å². The van der Waals surface area contributed by atoms with Crippen molar-refractivity contribution >= 4 is 22.5 Å². The Balaban J connectivity index is 2.41. The summed E-state index contributed by atoms with van der Waals surface area (Å²) in [6.07, 6.45) is 0. The van der Waals surface area contributed by atoms with Crippen molar-refractivity contribution in [3.63, 3.8) is 0 Å². The van der Waals surface area contributed by atoms with Crippen molar-refractivity contribution in [1.82, 2.24) is 20.4 Å². The predicted octanol–water partition coefficient (Wildman–Crippen LogP) is 1.55. The standard InChI is InChI=1S/C11H21N5OS/c1-7(2)9(16(4)5)6-12-10(17)13-11-15-14-8(3)18-11/h7,9H,6H2,1-5H3,(H2,12,13,15,17)/t9-/m1/s1. The fourth-order valence-corrected chi connectivity index (χ4v) is 2.29. The quantitative estimate of drug-likeness (QED) is 0.852. The third-order valence-corrected chi connectivity index (χ3v) is 3.41. The molecule has 0 aliphatic carbocycles. The Morgan fingerprint density at radius 2 is 2.06 bits per heavy atom. The van der Waals surface area contributed by atoms with Gasteiger partial charge >= 0.3 is 6.03 Å². The maximum Gasteiger partial charge on any atom is 0.321 e. The van der Waals surface area contributed by atoms with E-state index in [2.05, 4.69) is 39.6 Å². The second-order valence-electron chi connectivity index (χ2n) is 4.74. The molecular weight excluding hydrogens is 250 g/mol. The fourth-order valence-electron chi connectivity index (χ4n) is 1.70. The second-order valence-corrected chi connectivity index (χ2v) is 5.92. The average Bonchev–Trinajstić information content (AvgIpc) is 2.62. The summed E-state index contributed by atoms with van der Waals surface area (Å²) in [5, 5.41) is 14.6. The lowest BCUT2D eigenvalue weighted by atomic mass is 10.0. The van der Waals surface area contributed by atoms with Crippen LogP contribution in [0.25, 0.3) is 0 Å². The molecule has 0 saturated carbocycles. The molecule has 0 spiro atoms. The number of aromatic nitrogens is 2. The Bertz CT molecular complexity index is 383. The topological polar surface area (TPSA) is 70.1 Å². The van der Waals surface area contributed by atoms with Gasteiger partial charge in [0, 0.05) is 12.6 Å². The Kier molecular flexibility index (Phi) is 5.49. The molecule has 18 heavy (non-hydrogen) atoms. The van der Waals surface area contributed by atoms with Crippen LogP contribution in [0.15, 0.2) is 0 Å². The number of carbonyl (C=O) groups excluding carboxylic acids is 1. The number of nitrogens with one attached hydrogen (secondary N) is 2. The van der Waals surface area contributed by atoms with Crippen LogP contribution in [0, 0.1) is 12.8 Å². The van der Waals surface area contributed by atoms with E-state index in [-0.39, 0.29) is 6.03 Å². The summed E-state index contributed by atoms with van der Waals surface area (Å²) in [7, 11) is 4.02. The van der Waals surface area contributed by atoms with E-state index in [1.165, 1.54) is 11.3 Å². The van der Waals surface area contributed by atoms with Crippen molar-refractivity contribution in [2.75, 3.05) is 26.0 Å². The molecule has 1 aromatic heterocycles. The van der Waals surface area contributed by atoms with E-state index in [1.807, 2.05) is 21.0 Å². The zero-order valence-corrected chi connectivity index (χ0v) is 12.3. The van der Waals surface area contributed by atoms with Crippen LogP contribution in [0.4, 0.5) is 9.93 Å². The summed E-state index contributed by atoms with van der Waals surface area (Å²) in [6, 6.07) is 0.0746. The summed E-state index contributed by atoms with van der Waals surface area (Å²) in [5.74, 6) is 0.476. The summed E-state index contributed by atoms with van der Waals surface area (Å²) in [6.45, 7) is 6.73. The molecule has 1 aromatic rings. The summed E-state index contributed by atoms with van der Waals surface area (Å²) < 4.78 is 0. The van der Waals surface area contributed by atoms with Gasteiger partial charge in [0.1, 0.15) is 5.01 Å². The number of hydrogen-bond acceptors (Lipinski definition) is 5. The Hall–Kier alpha value is -1.21. The van der Waals surface area contributed by atoms with Crippen LogP contribution in [0.5, 0.6) is 0 Å². The van der Waals surface area contributed by atoms with E-state index < -0.39 is 0 Å². The van der Waals surface area contributed by atoms with Crippen molar-refractivity contribution in [2.24, 2.45) is 5.92 Å². The number of carbonyl (C=O) groups is 1. The minimum Gasteiger partial charge on any atom is -0.336 e. The Labute approximate surface area is 112 Å². The predicted molar refractivity (Wildman–Crippen MR) is 74.0 cm³/mol. The van der Waals surface area contributed by atoms with Crippen molar-refractivity contribution < 1.29 is 4.79 Å². The Morgan fingerprint density at radius 1 is 1.39 bits per heavy atom. The lowest BCUT2D eigenvalue weighted by Crippen LogP contribution is -2.44. The summed E-state index contributed by atoms with van der Waals surface area (Å²) in [5.41, 5.74) is 0. The highest BCUT2D eigenvalue weighted by Crippen LogP contribution is 2.13. The van der Waals surface area contributed by atoms with Gasteiger partial charge in [0.05, 0.1) is 0 Å². The van der Waals surface area contributed by atoms with Crippen LogP contribution >= 0.6 is 11.3 Å². The molecule has 1 atom stereocenters. The third-order valence-electron chi connectivity index (χ3n) is 2.65. The molecule has 0 fully saturated rings. The molecule has 1 rings (SSSR count). The third kappa shape index (κ3) is 4.58. The highest BCUT2D eigenvalue weighted by atomic mass is 32.1. The van der Waals surface area contributed by atoms with Gasteiger partial charge in [-0.1, -0.05) is 25.2 Å². The molecule has 2 amide bonds. The number of urea groups is 1. The molecule has 0 saturated heterocycles. The number of aryl methyl sites for hydroxylation is 1. The summed E-state index contributed by atoms with van der Waals surface area (Å²) in [4.78, 5) is 13.8. The van der Waals surface area contributed by atoms with E-state index in [0.29, 0.717) is 23.6 Å². The Morgan fingerprint density at radius 3 is 2.50 bits per heavy atom. The zero-order valence-electron chi connectivity index (χ0n) is 11.5.